The van der Waals surface area contributed by atoms with Crippen molar-refractivity contribution in [1.29, 1.82) is 0 Å². The number of benzene rings is 2. The number of carbonyl (C=O) groups is 1. The Morgan fingerprint density at radius 2 is 1.89 bits per heavy atom. The zero-order valence-electron chi connectivity index (χ0n) is 15.3. The van der Waals surface area contributed by atoms with Gasteiger partial charge in [-0.05, 0) is 36.6 Å². The first-order valence-corrected chi connectivity index (χ1v) is 9.24. The Morgan fingerprint density at radius 1 is 1.15 bits per heavy atom. The van der Waals surface area contributed by atoms with Gasteiger partial charge in [-0.1, -0.05) is 42.5 Å². The molecule has 27 heavy (non-hydrogen) atoms. The van der Waals surface area contributed by atoms with Gasteiger partial charge in [0, 0.05) is 31.1 Å². The van der Waals surface area contributed by atoms with Gasteiger partial charge in [-0.15, -0.1) is 0 Å². The van der Waals surface area contributed by atoms with Gasteiger partial charge in [-0.2, -0.15) is 0 Å². The lowest BCUT2D eigenvalue weighted by atomic mass is 9.99. The highest BCUT2D eigenvalue weighted by Crippen LogP contribution is 2.20. The Kier molecular flexibility index (Phi) is 4.77. The molecule has 0 radical (unpaired) electrons. The van der Waals surface area contributed by atoms with Crippen molar-refractivity contribution in [2.45, 2.75) is 25.9 Å². The number of nitrogens with one attached hydrogen (secondary N) is 1. The fourth-order valence-electron chi connectivity index (χ4n) is 3.58. The molecule has 2 heterocycles. The third-order valence-corrected chi connectivity index (χ3v) is 5.23. The van der Waals surface area contributed by atoms with Crippen LogP contribution in [0.3, 0.4) is 0 Å². The van der Waals surface area contributed by atoms with Crippen LogP contribution in [-0.4, -0.2) is 29.9 Å². The maximum atomic E-state index is 12.5. The van der Waals surface area contributed by atoms with Crippen molar-refractivity contribution in [3.05, 3.63) is 81.7 Å². The quantitative estimate of drug-likeness (QED) is 0.725. The number of fused-ring (bicyclic) bond motifs is 2. The first-order valence-electron chi connectivity index (χ1n) is 9.24. The standard InChI is InChI=1S/C22H22N2O3/c1-15(24-11-10-16-6-2-3-8-18(16)14-24)13-23-21(25)19-12-17-7-4-5-9-20(17)27-22(19)26/h2-9,12,15H,10-11,13-14H2,1H3,(H,23,25). The molecule has 1 atom stereocenters. The molecule has 2 aromatic carbocycles. The molecule has 5 nitrogen and oxygen atoms in total. The molecule has 4 rings (SSSR count). The Hall–Kier alpha value is -2.92. The van der Waals surface area contributed by atoms with Crippen LogP contribution in [0.2, 0.25) is 0 Å². The van der Waals surface area contributed by atoms with E-state index in [1.165, 1.54) is 11.1 Å². The van der Waals surface area contributed by atoms with Gasteiger partial charge in [0.15, 0.2) is 0 Å². The highest BCUT2D eigenvalue weighted by molar-refractivity contribution is 5.96. The summed E-state index contributed by atoms with van der Waals surface area (Å²) in [5.41, 5.74) is 2.67. The van der Waals surface area contributed by atoms with Crippen molar-refractivity contribution in [2.75, 3.05) is 13.1 Å². The van der Waals surface area contributed by atoms with Crippen molar-refractivity contribution in [3.63, 3.8) is 0 Å². The average Bonchev–Trinajstić information content (AvgIpc) is 2.70. The summed E-state index contributed by atoms with van der Waals surface area (Å²) in [5.74, 6) is -0.390. The Bertz CT molecular complexity index is 1040. The maximum Gasteiger partial charge on any atom is 0.349 e. The molecule has 1 amide bonds. The molecule has 138 valence electrons. The van der Waals surface area contributed by atoms with Crippen molar-refractivity contribution < 1.29 is 9.21 Å². The van der Waals surface area contributed by atoms with Crippen LogP contribution in [0.25, 0.3) is 11.0 Å². The van der Waals surface area contributed by atoms with E-state index in [1.54, 1.807) is 18.2 Å². The predicted molar refractivity (Wildman–Crippen MR) is 105 cm³/mol. The van der Waals surface area contributed by atoms with Gasteiger partial charge in [-0.3, -0.25) is 9.69 Å². The number of nitrogens with zero attached hydrogens (tertiary/aromatic N) is 1. The lowest BCUT2D eigenvalue weighted by Crippen LogP contribution is -2.44. The van der Waals surface area contributed by atoms with E-state index in [0.717, 1.165) is 24.9 Å². The molecule has 1 aliphatic heterocycles. The van der Waals surface area contributed by atoms with E-state index in [0.29, 0.717) is 12.1 Å². The molecule has 0 aliphatic carbocycles. The Morgan fingerprint density at radius 3 is 2.74 bits per heavy atom. The van der Waals surface area contributed by atoms with E-state index in [4.69, 9.17) is 4.42 Å². The Balaban J connectivity index is 1.42. The van der Waals surface area contributed by atoms with E-state index >= 15 is 0 Å². The van der Waals surface area contributed by atoms with Gasteiger partial charge < -0.3 is 9.73 Å². The third kappa shape index (κ3) is 3.64. The molecule has 0 bridgehead atoms. The molecule has 0 fully saturated rings. The van der Waals surface area contributed by atoms with Crippen molar-refractivity contribution in [3.8, 4) is 0 Å². The lowest BCUT2D eigenvalue weighted by molar-refractivity contribution is 0.0929. The maximum absolute atomic E-state index is 12.5. The smallest absolute Gasteiger partial charge is 0.349 e. The number of hydrogen-bond donors (Lipinski definition) is 1. The minimum absolute atomic E-state index is 0.0462. The van der Waals surface area contributed by atoms with Gasteiger partial charge in [0.1, 0.15) is 11.1 Å². The van der Waals surface area contributed by atoms with E-state index in [-0.39, 0.29) is 11.6 Å². The van der Waals surface area contributed by atoms with Crippen LogP contribution < -0.4 is 10.9 Å². The molecular weight excluding hydrogens is 340 g/mol. The monoisotopic (exact) mass is 362 g/mol. The summed E-state index contributed by atoms with van der Waals surface area (Å²) in [6.45, 7) is 4.42. The number of para-hydroxylation sites is 1. The number of rotatable bonds is 4. The first-order chi connectivity index (χ1) is 13.1. The second kappa shape index (κ2) is 7.37. The van der Waals surface area contributed by atoms with Crippen molar-refractivity contribution in [2.24, 2.45) is 0 Å². The van der Waals surface area contributed by atoms with Gasteiger partial charge in [-0.25, -0.2) is 4.79 Å². The summed E-state index contributed by atoms with van der Waals surface area (Å²) in [6.07, 6.45) is 1.02. The van der Waals surface area contributed by atoms with Crippen LogP contribution in [0.15, 0.2) is 63.8 Å². The van der Waals surface area contributed by atoms with Crippen molar-refractivity contribution >= 4 is 16.9 Å². The van der Waals surface area contributed by atoms with Gasteiger partial charge in [0.05, 0.1) is 0 Å². The number of carbonyl (C=O) groups excluding carboxylic acids is 1. The minimum Gasteiger partial charge on any atom is -0.422 e. The van der Waals surface area contributed by atoms with Gasteiger partial charge in [0.2, 0.25) is 0 Å². The second-order valence-corrected chi connectivity index (χ2v) is 7.03. The van der Waals surface area contributed by atoms with Crippen LogP contribution in [0.1, 0.15) is 28.4 Å². The largest absolute Gasteiger partial charge is 0.422 e. The highest BCUT2D eigenvalue weighted by Gasteiger charge is 2.21. The zero-order chi connectivity index (χ0) is 18.8. The fraction of sp³-hybridized carbons (Fsp3) is 0.273. The fourth-order valence-corrected chi connectivity index (χ4v) is 3.58. The van der Waals surface area contributed by atoms with Crippen LogP contribution in [0, 0.1) is 0 Å². The third-order valence-electron chi connectivity index (χ3n) is 5.23. The summed E-state index contributed by atoms with van der Waals surface area (Å²) in [6, 6.07) is 17.4. The summed E-state index contributed by atoms with van der Waals surface area (Å²) in [5, 5.41) is 3.62. The van der Waals surface area contributed by atoms with E-state index in [2.05, 4.69) is 41.4 Å². The molecule has 1 aromatic heterocycles. The summed E-state index contributed by atoms with van der Waals surface area (Å²) < 4.78 is 5.25. The van der Waals surface area contributed by atoms with Crippen LogP contribution >= 0.6 is 0 Å². The topological polar surface area (TPSA) is 62.6 Å². The SMILES string of the molecule is CC(CNC(=O)c1cc2ccccc2oc1=O)N1CCc2ccccc2C1. The van der Waals surface area contributed by atoms with Gasteiger partial charge in [0.25, 0.3) is 5.91 Å². The zero-order valence-corrected chi connectivity index (χ0v) is 15.3. The number of amides is 1. The normalized spacial score (nSPS) is 15.3. The molecule has 0 saturated carbocycles. The molecule has 3 aromatic rings. The highest BCUT2D eigenvalue weighted by atomic mass is 16.4. The summed E-state index contributed by atoms with van der Waals surface area (Å²) in [4.78, 5) is 27.0. The molecule has 5 heteroatoms. The van der Waals surface area contributed by atoms with Gasteiger partial charge >= 0.3 is 5.63 Å². The number of hydrogen-bond acceptors (Lipinski definition) is 4. The van der Waals surface area contributed by atoms with E-state index in [9.17, 15) is 9.59 Å². The lowest BCUT2D eigenvalue weighted by Gasteiger charge is -2.33. The first kappa shape index (κ1) is 17.5. The Labute approximate surface area is 157 Å². The molecular formula is C22H22N2O3. The average molecular weight is 362 g/mol. The van der Waals surface area contributed by atoms with Crippen LogP contribution in [-0.2, 0) is 13.0 Å². The molecule has 1 aliphatic rings. The molecule has 1 N–H and O–H groups in total. The van der Waals surface area contributed by atoms with Crippen LogP contribution in [0.4, 0.5) is 0 Å². The van der Waals surface area contributed by atoms with Crippen LogP contribution in [0.5, 0.6) is 0 Å². The summed E-state index contributed by atoms with van der Waals surface area (Å²) in [7, 11) is 0. The molecule has 0 spiro atoms. The second-order valence-electron chi connectivity index (χ2n) is 7.03. The predicted octanol–water partition coefficient (Wildman–Crippen LogP) is 2.97. The van der Waals surface area contributed by atoms with Crippen molar-refractivity contribution in [1.82, 2.24) is 10.2 Å². The van der Waals surface area contributed by atoms with E-state index in [1.807, 2.05) is 12.1 Å². The molecule has 1 unspecified atom stereocenters. The molecule has 0 saturated heterocycles. The summed E-state index contributed by atoms with van der Waals surface area (Å²) >= 11 is 0. The minimum atomic E-state index is -0.606. The van der Waals surface area contributed by atoms with E-state index < -0.39 is 11.5 Å².